The van der Waals surface area contributed by atoms with Crippen LogP contribution in [-0.4, -0.2) is 48.0 Å². The number of piperidine rings is 1. The molecule has 8 nitrogen and oxygen atoms in total. The standard InChI is InChI=1S/C12H23N5O3S/c1-10(2)13-7-11-5-3-4-6-17(11)21(18,19)15-8-12-14-9-20-16-12/h9-11,13,15H,3-8H2,1-2H3. The molecule has 0 aliphatic carbocycles. The summed E-state index contributed by atoms with van der Waals surface area (Å²) < 4.78 is 33.5. The van der Waals surface area contributed by atoms with Gasteiger partial charge >= 0.3 is 0 Å². The zero-order valence-electron chi connectivity index (χ0n) is 12.4. The SMILES string of the molecule is CC(C)NCC1CCCCN1S(=O)(=O)NCc1ncon1. The van der Waals surface area contributed by atoms with E-state index in [-0.39, 0.29) is 12.6 Å². The van der Waals surface area contributed by atoms with Gasteiger partial charge in [-0.15, -0.1) is 0 Å². The Kier molecular flexibility index (Phi) is 5.68. The number of rotatable bonds is 7. The number of nitrogens with zero attached hydrogens (tertiary/aromatic N) is 3. The van der Waals surface area contributed by atoms with Crippen molar-refractivity contribution >= 4 is 10.2 Å². The van der Waals surface area contributed by atoms with Gasteiger partial charge in [0.15, 0.2) is 5.82 Å². The third kappa shape index (κ3) is 4.73. The van der Waals surface area contributed by atoms with Gasteiger partial charge in [-0.05, 0) is 12.8 Å². The van der Waals surface area contributed by atoms with Crippen molar-refractivity contribution in [3.05, 3.63) is 12.2 Å². The molecule has 2 heterocycles. The van der Waals surface area contributed by atoms with E-state index in [2.05, 4.69) is 38.6 Å². The lowest BCUT2D eigenvalue weighted by molar-refractivity contribution is 0.239. The smallest absolute Gasteiger partial charge is 0.280 e. The van der Waals surface area contributed by atoms with Gasteiger partial charge in [0.25, 0.3) is 10.2 Å². The molecule has 9 heteroatoms. The van der Waals surface area contributed by atoms with E-state index in [0.29, 0.717) is 25.0 Å². The van der Waals surface area contributed by atoms with Crippen molar-refractivity contribution in [1.29, 1.82) is 0 Å². The van der Waals surface area contributed by atoms with Gasteiger partial charge in [0.05, 0.1) is 6.54 Å². The third-order valence-corrected chi connectivity index (χ3v) is 5.07. The summed E-state index contributed by atoms with van der Waals surface area (Å²) >= 11 is 0. The number of hydrogen-bond acceptors (Lipinski definition) is 6. The minimum atomic E-state index is -3.53. The van der Waals surface area contributed by atoms with Crippen LogP contribution in [0.1, 0.15) is 38.9 Å². The molecule has 0 bridgehead atoms. The molecule has 1 aromatic heterocycles. The monoisotopic (exact) mass is 317 g/mol. The van der Waals surface area contributed by atoms with Crippen molar-refractivity contribution in [3.63, 3.8) is 0 Å². The number of aromatic nitrogens is 2. The van der Waals surface area contributed by atoms with Gasteiger partial charge in [-0.2, -0.15) is 22.4 Å². The van der Waals surface area contributed by atoms with E-state index < -0.39 is 10.2 Å². The summed E-state index contributed by atoms with van der Waals surface area (Å²) in [6, 6.07) is 0.327. The summed E-state index contributed by atoms with van der Waals surface area (Å²) in [5.41, 5.74) is 0. The average Bonchev–Trinajstić information content (AvgIpc) is 2.97. The van der Waals surface area contributed by atoms with Gasteiger partial charge in [0.2, 0.25) is 6.39 Å². The van der Waals surface area contributed by atoms with Crippen molar-refractivity contribution in [2.45, 2.75) is 51.7 Å². The highest BCUT2D eigenvalue weighted by molar-refractivity contribution is 7.87. The zero-order valence-corrected chi connectivity index (χ0v) is 13.3. The van der Waals surface area contributed by atoms with Crippen LogP contribution < -0.4 is 10.0 Å². The van der Waals surface area contributed by atoms with Crippen molar-refractivity contribution in [2.24, 2.45) is 0 Å². The fraction of sp³-hybridized carbons (Fsp3) is 0.833. The quantitative estimate of drug-likeness (QED) is 0.748. The largest absolute Gasteiger partial charge is 0.343 e. The number of hydrogen-bond donors (Lipinski definition) is 2. The van der Waals surface area contributed by atoms with E-state index in [4.69, 9.17) is 0 Å². The molecule has 1 aliphatic rings. The van der Waals surface area contributed by atoms with E-state index >= 15 is 0 Å². The van der Waals surface area contributed by atoms with Crippen LogP contribution in [-0.2, 0) is 16.8 Å². The maximum atomic E-state index is 12.4. The number of nitrogens with one attached hydrogen (secondary N) is 2. The summed E-state index contributed by atoms with van der Waals surface area (Å²) in [6.45, 7) is 5.36. The van der Waals surface area contributed by atoms with Crippen LogP contribution in [0.15, 0.2) is 10.9 Å². The second kappa shape index (κ2) is 7.30. The zero-order chi connectivity index (χ0) is 15.3. The normalized spacial score (nSPS) is 21.0. The predicted octanol–water partition coefficient (Wildman–Crippen LogP) is 0.257. The van der Waals surface area contributed by atoms with Gasteiger partial charge in [0, 0.05) is 25.2 Å². The van der Waals surface area contributed by atoms with E-state index in [1.54, 1.807) is 4.31 Å². The van der Waals surface area contributed by atoms with Gasteiger partial charge in [-0.25, -0.2) is 0 Å². The first-order chi connectivity index (χ1) is 9.99. The van der Waals surface area contributed by atoms with Crippen molar-refractivity contribution in [1.82, 2.24) is 24.5 Å². The van der Waals surface area contributed by atoms with Crippen LogP contribution in [0.25, 0.3) is 0 Å². The predicted molar refractivity (Wildman–Crippen MR) is 77.5 cm³/mol. The first-order valence-electron chi connectivity index (χ1n) is 7.24. The van der Waals surface area contributed by atoms with Crippen LogP contribution in [0.5, 0.6) is 0 Å². The van der Waals surface area contributed by atoms with E-state index in [1.807, 2.05) is 0 Å². The molecule has 2 rings (SSSR count). The fourth-order valence-corrected chi connectivity index (χ4v) is 3.79. The second-order valence-corrected chi connectivity index (χ2v) is 7.20. The van der Waals surface area contributed by atoms with Crippen LogP contribution in [0, 0.1) is 0 Å². The molecule has 1 unspecified atom stereocenters. The lowest BCUT2D eigenvalue weighted by atomic mass is 10.0. The topological polar surface area (TPSA) is 100 Å². The average molecular weight is 317 g/mol. The van der Waals surface area contributed by atoms with Crippen LogP contribution in [0.3, 0.4) is 0 Å². The Morgan fingerprint density at radius 2 is 2.29 bits per heavy atom. The summed E-state index contributed by atoms with van der Waals surface area (Å²) in [4.78, 5) is 3.81. The Labute approximate surface area is 125 Å². The molecule has 1 saturated heterocycles. The van der Waals surface area contributed by atoms with Gasteiger partial charge in [0.1, 0.15) is 0 Å². The van der Waals surface area contributed by atoms with Crippen molar-refractivity contribution in [2.75, 3.05) is 13.1 Å². The molecule has 0 saturated carbocycles. The Hall–Kier alpha value is -1.03. The summed E-state index contributed by atoms with van der Waals surface area (Å²) in [5, 5.41) is 6.91. The molecule has 2 N–H and O–H groups in total. The molecule has 0 spiro atoms. The minimum Gasteiger partial charge on any atom is -0.343 e. The maximum absolute atomic E-state index is 12.4. The Morgan fingerprint density at radius 3 is 2.95 bits per heavy atom. The second-order valence-electron chi connectivity index (χ2n) is 5.50. The molecule has 1 fully saturated rings. The fourth-order valence-electron chi connectivity index (χ4n) is 2.38. The summed E-state index contributed by atoms with van der Waals surface area (Å²) in [6.07, 6.45) is 4.01. The van der Waals surface area contributed by atoms with E-state index in [1.165, 1.54) is 6.39 Å². The van der Waals surface area contributed by atoms with Crippen molar-refractivity contribution < 1.29 is 12.9 Å². The summed E-state index contributed by atoms with van der Waals surface area (Å²) in [7, 11) is -3.53. The molecule has 0 aromatic carbocycles. The molecule has 0 radical (unpaired) electrons. The highest BCUT2D eigenvalue weighted by Gasteiger charge is 2.32. The lowest BCUT2D eigenvalue weighted by Gasteiger charge is -2.35. The van der Waals surface area contributed by atoms with E-state index in [9.17, 15) is 8.42 Å². The van der Waals surface area contributed by atoms with Crippen LogP contribution in [0.4, 0.5) is 0 Å². The third-order valence-electron chi connectivity index (χ3n) is 3.46. The van der Waals surface area contributed by atoms with Crippen LogP contribution in [0.2, 0.25) is 0 Å². The first kappa shape index (κ1) is 16.3. The van der Waals surface area contributed by atoms with Crippen molar-refractivity contribution in [3.8, 4) is 0 Å². The Morgan fingerprint density at radius 1 is 1.48 bits per heavy atom. The molecule has 120 valence electrons. The van der Waals surface area contributed by atoms with Crippen LogP contribution >= 0.6 is 0 Å². The highest BCUT2D eigenvalue weighted by Crippen LogP contribution is 2.19. The van der Waals surface area contributed by atoms with E-state index in [0.717, 1.165) is 19.3 Å². The minimum absolute atomic E-state index is 0.0103. The molecule has 0 amide bonds. The molecular formula is C12H23N5O3S. The molecule has 1 atom stereocenters. The summed E-state index contributed by atoms with van der Waals surface area (Å²) in [5.74, 6) is 0.326. The molecular weight excluding hydrogens is 294 g/mol. The Balaban J connectivity index is 1.97. The van der Waals surface area contributed by atoms with Gasteiger partial charge in [-0.3, -0.25) is 0 Å². The van der Waals surface area contributed by atoms with Gasteiger partial charge < -0.3 is 9.84 Å². The molecule has 1 aliphatic heterocycles. The lowest BCUT2D eigenvalue weighted by Crippen LogP contribution is -2.52. The first-order valence-corrected chi connectivity index (χ1v) is 8.68. The van der Waals surface area contributed by atoms with Gasteiger partial charge in [-0.1, -0.05) is 25.4 Å². The molecule has 21 heavy (non-hydrogen) atoms. The maximum Gasteiger partial charge on any atom is 0.280 e. The molecule has 1 aromatic rings. The Bertz CT molecular complexity index is 517. The highest BCUT2D eigenvalue weighted by atomic mass is 32.2.